The van der Waals surface area contributed by atoms with Crippen molar-refractivity contribution in [2.75, 3.05) is 7.11 Å². The molecule has 1 heterocycles. The number of methoxy groups -OCH3 is 1. The van der Waals surface area contributed by atoms with E-state index in [1.807, 2.05) is 32.9 Å². The highest BCUT2D eigenvalue weighted by atomic mass is 35.5. The van der Waals surface area contributed by atoms with Crippen molar-refractivity contribution >= 4 is 11.6 Å². The summed E-state index contributed by atoms with van der Waals surface area (Å²) in [6, 6.07) is 3.78. The number of aryl methyl sites for hydroxylation is 2. The average molecular weight is 252 g/mol. The van der Waals surface area contributed by atoms with Crippen molar-refractivity contribution in [1.29, 1.82) is 0 Å². The van der Waals surface area contributed by atoms with Gasteiger partial charge in [-0.05, 0) is 38.0 Å². The fraction of sp³-hybridized carbons (Fsp3) is 0.308. The molecular formula is C13H14ClNO2. The van der Waals surface area contributed by atoms with Crippen molar-refractivity contribution in [2.24, 2.45) is 0 Å². The Labute approximate surface area is 105 Å². The first-order valence-electron chi connectivity index (χ1n) is 5.32. The number of halogens is 1. The summed E-state index contributed by atoms with van der Waals surface area (Å²) in [5.41, 5.74) is 3.63. The Bertz CT molecular complexity index is 561. The second-order valence-corrected chi connectivity index (χ2v) is 4.42. The van der Waals surface area contributed by atoms with Crippen LogP contribution in [-0.2, 0) is 0 Å². The van der Waals surface area contributed by atoms with Gasteiger partial charge in [-0.25, -0.2) is 0 Å². The first-order chi connectivity index (χ1) is 8.04. The monoisotopic (exact) mass is 251 g/mol. The summed E-state index contributed by atoms with van der Waals surface area (Å²) >= 11 is 6.25. The van der Waals surface area contributed by atoms with Gasteiger partial charge in [-0.2, -0.15) is 0 Å². The summed E-state index contributed by atoms with van der Waals surface area (Å²) in [6.07, 6.45) is 0. The van der Waals surface area contributed by atoms with E-state index in [0.29, 0.717) is 5.76 Å². The zero-order chi connectivity index (χ0) is 12.6. The molecular weight excluding hydrogens is 238 g/mol. The Morgan fingerprint density at radius 3 is 2.47 bits per heavy atom. The lowest BCUT2D eigenvalue weighted by atomic mass is 10.0. The van der Waals surface area contributed by atoms with Crippen LogP contribution in [0.5, 0.6) is 5.75 Å². The molecule has 0 N–H and O–H groups in total. The smallest absolute Gasteiger partial charge is 0.171 e. The van der Waals surface area contributed by atoms with Crippen LogP contribution in [0.25, 0.3) is 11.3 Å². The maximum Gasteiger partial charge on any atom is 0.171 e. The van der Waals surface area contributed by atoms with Crippen LogP contribution >= 0.6 is 11.6 Å². The Kier molecular flexibility index (Phi) is 3.11. The SMILES string of the molecule is COc1cc(C)c(Cl)c(C)c1-c1cc(C)no1. The number of ether oxygens (including phenoxy) is 1. The van der Waals surface area contributed by atoms with E-state index in [1.54, 1.807) is 7.11 Å². The molecule has 1 aromatic heterocycles. The summed E-state index contributed by atoms with van der Waals surface area (Å²) in [5, 5.41) is 4.62. The molecule has 17 heavy (non-hydrogen) atoms. The molecule has 2 rings (SSSR count). The van der Waals surface area contributed by atoms with Gasteiger partial charge in [0, 0.05) is 11.1 Å². The quantitative estimate of drug-likeness (QED) is 0.811. The molecule has 2 aromatic rings. The molecule has 0 atom stereocenters. The van der Waals surface area contributed by atoms with Gasteiger partial charge in [0.2, 0.25) is 0 Å². The zero-order valence-electron chi connectivity index (χ0n) is 10.3. The molecule has 1 aromatic carbocycles. The number of rotatable bonds is 2. The molecule has 0 amide bonds. The molecule has 90 valence electrons. The van der Waals surface area contributed by atoms with Crippen LogP contribution in [0.15, 0.2) is 16.7 Å². The number of aromatic nitrogens is 1. The highest BCUT2D eigenvalue weighted by Gasteiger charge is 2.17. The highest BCUT2D eigenvalue weighted by Crippen LogP contribution is 2.38. The average Bonchev–Trinajstić information content (AvgIpc) is 2.71. The Morgan fingerprint density at radius 1 is 1.24 bits per heavy atom. The fourth-order valence-corrected chi connectivity index (χ4v) is 2.02. The van der Waals surface area contributed by atoms with E-state index in [4.69, 9.17) is 20.9 Å². The molecule has 0 saturated carbocycles. The van der Waals surface area contributed by atoms with Crippen LogP contribution in [0, 0.1) is 20.8 Å². The van der Waals surface area contributed by atoms with Gasteiger partial charge in [0.25, 0.3) is 0 Å². The predicted octanol–water partition coefficient (Wildman–Crippen LogP) is 3.93. The van der Waals surface area contributed by atoms with Gasteiger partial charge < -0.3 is 9.26 Å². The van der Waals surface area contributed by atoms with Crippen LogP contribution in [0.1, 0.15) is 16.8 Å². The summed E-state index contributed by atoms with van der Waals surface area (Å²) < 4.78 is 10.7. The predicted molar refractivity (Wildman–Crippen MR) is 67.7 cm³/mol. The van der Waals surface area contributed by atoms with E-state index >= 15 is 0 Å². The van der Waals surface area contributed by atoms with Crippen LogP contribution in [0.2, 0.25) is 5.02 Å². The summed E-state index contributed by atoms with van der Waals surface area (Å²) in [7, 11) is 1.63. The van der Waals surface area contributed by atoms with E-state index in [-0.39, 0.29) is 0 Å². The van der Waals surface area contributed by atoms with E-state index < -0.39 is 0 Å². The van der Waals surface area contributed by atoms with Crippen molar-refractivity contribution in [3.05, 3.63) is 34.0 Å². The van der Waals surface area contributed by atoms with Gasteiger partial charge in [-0.15, -0.1) is 0 Å². The van der Waals surface area contributed by atoms with Crippen LogP contribution in [0.3, 0.4) is 0 Å². The van der Waals surface area contributed by atoms with Crippen molar-refractivity contribution in [3.63, 3.8) is 0 Å². The van der Waals surface area contributed by atoms with E-state index in [1.165, 1.54) is 0 Å². The molecule has 0 unspecified atom stereocenters. The van der Waals surface area contributed by atoms with Gasteiger partial charge in [-0.1, -0.05) is 16.8 Å². The molecule has 0 aliphatic rings. The number of benzene rings is 1. The topological polar surface area (TPSA) is 35.3 Å². The molecule has 0 bridgehead atoms. The minimum absolute atomic E-state index is 0.679. The molecule has 0 aliphatic carbocycles. The van der Waals surface area contributed by atoms with Gasteiger partial charge in [-0.3, -0.25) is 0 Å². The fourth-order valence-electron chi connectivity index (χ4n) is 1.87. The first-order valence-corrected chi connectivity index (χ1v) is 5.69. The lowest BCUT2D eigenvalue weighted by Gasteiger charge is -2.12. The Hall–Kier alpha value is -1.48. The van der Waals surface area contributed by atoms with Crippen LogP contribution in [-0.4, -0.2) is 12.3 Å². The minimum atomic E-state index is 0.679. The Morgan fingerprint density at radius 2 is 1.94 bits per heavy atom. The summed E-state index contributed by atoms with van der Waals surface area (Å²) in [5.74, 6) is 1.43. The first kappa shape index (κ1) is 12.0. The summed E-state index contributed by atoms with van der Waals surface area (Å²) in [6.45, 7) is 5.78. The highest BCUT2D eigenvalue weighted by molar-refractivity contribution is 6.32. The van der Waals surface area contributed by atoms with Crippen molar-refractivity contribution in [2.45, 2.75) is 20.8 Å². The number of hydrogen-bond donors (Lipinski definition) is 0. The standard InChI is InChI=1S/C13H14ClNO2/c1-7-5-10(16-4)12(9(3)13(7)14)11-6-8(2)15-17-11/h5-6H,1-4H3. The number of hydrogen-bond acceptors (Lipinski definition) is 3. The van der Waals surface area contributed by atoms with E-state index in [2.05, 4.69) is 5.16 Å². The van der Waals surface area contributed by atoms with Crippen LogP contribution in [0.4, 0.5) is 0 Å². The molecule has 0 saturated heterocycles. The molecule has 0 radical (unpaired) electrons. The largest absolute Gasteiger partial charge is 0.496 e. The molecule has 0 spiro atoms. The maximum absolute atomic E-state index is 6.25. The van der Waals surface area contributed by atoms with E-state index in [9.17, 15) is 0 Å². The van der Waals surface area contributed by atoms with Crippen molar-refractivity contribution in [1.82, 2.24) is 5.16 Å². The van der Waals surface area contributed by atoms with Crippen LogP contribution < -0.4 is 4.74 Å². The van der Waals surface area contributed by atoms with Gasteiger partial charge >= 0.3 is 0 Å². The van der Waals surface area contributed by atoms with E-state index in [0.717, 1.165) is 33.2 Å². The maximum atomic E-state index is 6.25. The number of nitrogens with zero attached hydrogens (tertiary/aromatic N) is 1. The third kappa shape index (κ3) is 2.03. The Balaban J connectivity index is 2.71. The zero-order valence-corrected chi connectivity index (χ0v) is 11.1. The second-order valence-electron chi connectivity index (χ2n) is 4.04. The third-order valence-electron chi connectivity index (χ3n) is 2.74. The molecule has 0 fully saturated rings. The minimum Gasteiger partial charge on any atom is -0.496 e. The normalized spacial score (nSPS) is 10.6. The second kappa shape index (κ2) is 4.41. The van der Waals surface area contributed by atoms with Crippen molar-refractivity contribution in [3.8, 4) is 17.1 Å². The van der Waals surface area contributed by atoms with Gasteiger partial charge in [0.15, 0.2) is 5.76 Å². The molecule has 0 aliphatic heterocycles. The summed E-state index contributed by atoms with van der Waals surface area (Å²) in [4.78, 5) is 0. The third-order valence-corrected chi connectivity index (χ3v) is 3.32. The lowest BCUT2D eigenvalue weighted by Crippen LogP contribution is -1.93. The van der Waals surface area contributed by atoms with Crippen molar-refractivity contribution < 1.29 is 9.26 Å². The van der Waals surface area contributed by atoms with Gasteiger partial charge in [0.1, 0.15) is 5.75 Å². The molecule has 4 heteroatoms. The lowest BCUT2D eigenvalue weighted by molar-refractivity contribution is 0.404. The van der Waals surface area contributed by atoms with Gasteiger partial charge in [0.05, 0.1) is 18.4 Å². The molecule has 3 nitrogen and oxygen atoms in total.